The number of allylic oxidation sites excluding steroid dienone is 1. The molecule has 0 amide bonds. The van der Waals surface area contributed by atoms with Gasteiger partial charge in [-0.1, -0.05) is 140 Å². The molecule has 2 aliphatic carbocycles. The molecule has 0 bridgehead atoms. The molecule has 9 aromatic rings. The third-order valence-electron chi connectivity index (χ3n) is 12.0. The fraction of sp³-hybridized carbons (Fsp3) is 0.0566. The second-order valence-electron chi connectivity index (χ2n) is 15.2. The van der Waals surface area contributed by atoms with Crippen LogP contribution in [0.25, 0.3) is 73.2 Å². The van der Waals surface area contributed by atoms with Gasteiger partial charge in [0.1, 0.15) is 22.8 Å². The molecule has 0 radical (unpaired) electrons. The summed E-state index contributed by atoms with van der Waals surface area (Å²) in [4.78, 5) is 10.3. The van der Waals surface area contributed by atoms with E-state index in [9.17, 15) is 0 Å². The van der Waals surface area contributed by atoms with Gasteiger partial charge in [0.2, 0.25) is 0 Å². The van der Waals surface area contributed by atoms with Gasteiger partial charge in [0.05, 0.1) is 16.8 Å². The van der Waals surface area contributed by atoms with E-state index < -0.39 is 5.41 Å². The molecule has 57 heavy (non-hydrogen) atoms. The van der Waals surface area contributed by atoms with E-state index in [0.29, 0.717) is 5.82 Å². The normalized spacial score (nSPS) is 14.0. The number of furan rings is 1. The number of fused-ring (bicyclic) bond motifs is 12. The lowest BCUT2D eigenvalue weighted by Gasteiger charge is -2.39. The molecule has 2 aromatic heterocycles. The molecule has 268 valence electrons. The number of nitrogens with zero attached hydrogens (tertiary/aromatic N) is 2. The molecule has 0 fully saturated rings. The van der Waals surface area contributed by atoms with Crippen molar-refractivity contribution in [3.63, 3.8) is 0 Å². The number of para-hydroxylation sites is 1. The summed E-state index contributed by atoms with van der Waals surface area (Å²) in [6.45, 7) is 0. The Labute approximate surface area is 330 Å². The van der Waals surface area contributed by atoms with E-state index in [0.717, 1.165) is 86.0 Å². The third-order valence-corrected chi connectivity index (χ3v) is 12.0. The quantitative estimate of drug-likeness (QED) is 0.181. The number of aryl methyl sites for hydroxylation is 1. The Bertz CT molecular complexity index is 3070. The van der Waals surface area contributed by atoms with E-state index in [-0.39, 0.29) is 0 Å². The van der Waals surface area contributed by atoms with Gasteiger partial charge in [-0.25, -0.2) is 9.97 Å². The Kier molecular flexibility index (Phi) is 6.93. The summed E-state index contributed by atoms with van der Waals surface area (Å²) in [5.41, 5.74) is 15.9. The van der Waals surface area contributed by atoms with Crippen molar-refractivity contribution in [2.75, 3.05) is 0 Å². The molecular formula is C53H34N2O2. The van der Waals surface area contributed by atoms with Gasteiger partial charge in [-0.2, -0.15) is 0 Å². The van der Waals surface area contributed by atoms with Crippen LogP contribution < -0.4 is 4.74 Å². The van der Waals surface area contributed by atoms with Crippen LogP contribution in [-0.4, -0.2) is 9.97 Å². The van der Waals surface area contributed by atoms with Crippen LogP contribution in [0.4, 0.5) is 0 Å². The maximum atomic E-state index is 6.71. The Balaban J connectivity index is 1.01. The van der Waals surface area contributed by atoms with Crippen molar-refractivity contribution >= 4 is 17.0 Å². The summed E-state index contributed by atoms with van der Waals surface area (Å²) in [5.74, 6) is 3.41. The fourth-order valence-corrected chi connectivity index (χ4v) is 9.49. The first-order valence-electron chi connectivity index (χ1n) is 19.6. The third kappa shape index (κ3) is 4.80. The topological polar surface area (TPSA) is 48.2 Å². The molecule has 4 nitrogen and oxygen atoms in total. The highest BCUT2D eigenvalue weighted by Gasteiger charge is 2.51. The smallest absolute Gasteiger partial charge is 0.160 e. The van der Waals surface area contributed by atoms with Crippen molar-refractivity contribution in [2.24, 2.45) is 0 Å². The van der Waals surface area contributed by atoms with Crippen molar-refractivity contribution in [1.82, 2.24) is 9.97 Å². The van der Waals surface area contributed by atoms with Gasteiger partial charge in [-0.05, 0) is 88.7 Å². The first-order chi connectivity index (χ1) is 28.2. The van der Waals surface area contributed by atoms with E-state index in [1.807, 2.05) is 18.2 Å². The summed E-state index contributed by atoms with van der Waals surface area (Å²) in [6, 6.07) is 60.4. The van der Waals surface area contributed by atoms with Gasteiger partial charge in [-0.15, -0.1) is 0 Å². The highest BCUT2D eigenvalue weighted by atomic mass is 16.5. The SMILES string of the molecule is C1=Cc2oc3cc(-c4cc(-c5cccc(-c6ccc7c(c6)C6(c8ccccc8O7)c7ccccc7-c7ccccc76)c5)nc(-c5ccccc5)n4)ccc3c2CC1. The number of ether oxygens (including phenoxy) is 1. The summed E-state index contributed by atoms with van der Waals surface area (Å²) in [5, 5.41) is 1.17. The lowest BCUT2D eigenvalue weighted by atomic mass is 9.66. The predicted octanol–water partition coefficient (Wildman–Crippen LogP) is 13.3. The zero-order valence-electron chi connectivity index (χ0n) is 30.9. The van der Waals surface area contributed by atoms with Crippen LogP contribution in [0.1, 0.15) is 40.0 Å². The minimum atomic E-state index is -0.526. The predicted molar refractivity (Wildman–Crippen MR) is 228 cm³/mol. The number of rotatable bonds is 4. The minimum absolute atomic E-state index is 0.526. The van der Waals surface area contributed by atoms with E-state index in [4.69, 9.17) is 19.1 Å². The molecule has 1 spiro atoms. The summed E-state index contributed by atoms with van der Waals surface area (Å²) in [7, 11) is 0. The summed E-state index contributed by atoms with van der Waals surface area (Å²) in [6.07, 6.45) is 6.32. The maximum Gasteiger partial charge on any atom is 0.160 e. The van der Waals surface area contributed by atoms with Gasteiger partial charge in [0, 0.05) is 38.8 Å². The number of hydrogen-bond donors (Lipinski definition) is 0. The zero-order chi connectivity index (χ0) is 37.5. The van der Waals surface area contributed by atoms with Gasteiger partial charge in [0.25, 0.3) is 0 Å². The highest BCUT2D eigenvalue weighted by molar-refractivity contribution is 5.91. The van der Waals surface area contributed by atoms with Crippen molar-refractivity contribution in [3.05, 3.63) is 210 Å². The standard InChI is InChI=1S/C53H34N2O2/c1-2-13-33(14-3-1)52-54-46(32-47(55-52)37-25-27-41-40-19-6-10-23-48(40)56-51(41)31-37)36-16-12-15-34(29-36)35-26-28-50-45(30-35)53(44-22-9-11-24-49(44)57-50)42-20-7-4-17-38(42)39-18-5-8-21-43(39)53/h1-5,7-18,20-32H,6,19H2. The molecule has 0 saturated heterocycles. The van der Waals surface area contributed by atoms with Crippen LogP contribution in [0.15, 0.2) is 180 Å². The van der Waals surface area contributed by atoms with Crippen molar-refractivity contribution in [3.8, 4) is 67.7 Å². The maximum absolute atomic E-state index is 6.71. The number of hydrogen-bond acceptors (Lipinski definition) is 4. The average molecular weight is 731 g/mol. The monoisotopic (exact) mass is 730 g/mol. The average Bonchev–Trinajstić information content (AvgIpc) is 3.80. The van der Waals surface area contributed by atoms with Crippen LogP contribution in [0, 0.1) is 0 Å². The molecule has 7 aromatic carbocycles. The molecule has 3 heterocycles. The van der Waals surface area contributed by atoms with Gasteiger partial charge in [-0.3, -0.25) is 0 Å². The van der Waals surface area contributed by atoms with E-state index in [1.54, 1.807) is 0 Å². The molecule has 0 N–H and O–H groups in total. The molecule has 1 aliphatic heterocycles. The lowest BCUT2D eigenvalue weighted by Crippen LogP contribution is -2.32. The number of benzene rings is 7. The molecule has 12 rings (SSSR count). The van der Waals surface area contributed by atoms with Crippen LogP contribution >= 0.6 is 0 Å². The number of aromatic nitrogens is 2. The van der Waals surface area contributed by atoms with Gasteiger partial charge >= 0.3 is 0 Å². The summed E-state index contributed by atoms with van der Waals surface area (Å²) >= 11 is 0. The van der Waals surface area contributed by atoms with E-state index in [1.165, 1.54) is 33.2 Å². The largest absolute Gasteiger partial charge is 0.457 e. The van der Waals surface area contributed by atoms with E-state index in [2.05, 4.69) is 164 Å². The van der Waals surface area contributed by atoms with Crippen molar-refractivity contribution in [1.29, 1.82) is 0 Å². The summed E-state index contributed by atoms with van der Waals surface area (Å²) < 4.78 is 13.1. The fourth-order valence-electron chi connectivity index (χ4n) is 9.49. The molecule has 4 heteroatoms. The Morgan fingerprint density at radius 2 is 1.11 bits per heavy atom. The molecule has 3 aliphatic rings. The highest BCUT2D eigenvalue weighted by Crippen LogP contribution is 2.62. The second kappa shape index (κ2) is 12.4. The molecule has 0 atom stereocenters. The van der Waals surface area contributed by atoms with E-state index >= 15 is 0 Å². The lowest BCUT2D eigenvalue weighted by molar-refractivity contribution is 0.436. The Morgan fingerprint density at radius 1 is 0.474 bits per heavy atom. The molecular weight excluding hydrogens is 697 g/mol. The first-order valence-corrected chi connectivity index (χ1v) is 19.6. The Hall–Kier alpha value is -7.30. The van der Waals surface area contributed by atoms with Crippen molar-refractivity contribution in [2.45, 2.75) is 18.3 Å². The molecule has 0 saturated carbocycles. The first kappa shape index (κ1) is 32.0. The molecule has 0 unspecified atom stereocenters. The Morgan fingerprint density at radius 3 is 1.91 bits per heavy atom. The zero-order valence-corrected chi connectivity index (χ0v) is 30.9. The van der Waals surface area contributed by atoms with Crippen LogP contribution in [0.3, 0.4) is 0 Å². The van der Waals surface area contributed by atoms with Crippen LogP contribution in [0.5, 0.6) is 11.5 Å². The van der Waals surface area contributed by atoms with Crippen molar-refractivity contribution < 1.29 is 9.15 Å². The van der Waals surface area contributed by atoms with Gasteiger partial charge in [0.15, 0.2) is 5.82 Å². The van der Waals surface area contributed by atoms with Crippen LogP contribution in [0.2, 0.25) is 0 Å². The minimum Gasteiger partial charge on any atom is -0.457 e. The van der Waals surface area contributed by atoms with Gasteiger partial charge < -0.3 is 9.15 Å². The second-order valence-corrected chi connectivity index (χ2v) is 15.2. The van der Waals surface area contributed by atoms with Crippen LogP contribution in [-0.2, 0) is 11.8 Å².